The molecule has 0 radical (unpaired) electrons. The minimum atomic E-state index is -0.444. The summed E-state index contributed by atoms with van der Waals surface area (Å²) in [6.07, 6.45) is 1.37. The van der Waals surface area contributed by atoms with E-state index in [9.17, 15) is 15.2 Å². The molecule has 0 aromatic carbocycles. The van der Waals surface area contributed by atoms with Crippen LogP contribution in [0.15, 0.2) is 12.1 Å². The van der Waals surface area contributed by atoms with Gasteiger partial charge in [-0.1, -0.05) is 0 Å². The Morgan fingerprint density at radius 1 is 1.50 bits per heavy atom. The van der Waals surface area contributed by atoms with Gasteiger partial charge in [0.2, 0.25) is 0 Å². The van der Waals surface area contributed by atoms with Crippen LogP contribution in [0.3, 0.4) is 0 Å². The first kappa shape index (κ1) is 12.6. The molecule has 2 rings (SSSR count). The Kier molecular flexibility index (Phi) is 3.61. The van der Waals surface area contributed by atoms with Crippen LogP contribution in [0.25, 0.3) is 0 Å². The van der Waals surface area contributed by atoms with Gasteiger partial charge in [0.25, 0.3) is 5.69 Å². The van der Waals surface area contributed by atoms with Gasteiger partial charge in [0.05, 0.1) is 23.2 Å². The first-order valence-corrected chi connectivity index (χ1v) is 5.84. The number of aliphatic hydroxyl groups excluding tert-OH is 1. The lowest BCUT2D eigenvalue weighted by atomic mass is 9.82. The van der Waals surface area contributed by atoms with Gasteiger partial charge >= 0.3 is 0 Å². The summed E-state index contributed by atoms with van der Waals surface area (Å²) in [5, 5.41) is 25.8. The molecule has 0 amide bonds. The average molecular weight is 252 g/mol. The number of hydrogen-bond acceptors (Lipinski definition) is 6. The minimum absolute atomic E-state index is 0.00509. The highest BCUT2D eigenvalue weighted by atomic mass is 16.6. The maximum atomic E-state index is 10.8. The van der Waals surface area contributed by atoms with Crippen LogP contribution in [0.2, 0.25) is 0 Å². The quantitative estimate of drug-likeness (QED) is 0.538. The van der Waals surface area contributed by atoms with Gasteiger partial charge < -0.3 is 15.7 Å². The Hall–Kier alpha value is -1.89. The van der Waals surface area contributed by atoms with Crippen LogP contribution in [0.4, 0.5) is 17.3 Å². The fraction of sp³-hybridized carbons (Fsp3) is 0.545. The number of pyridine rings is 1. The number of nitrogens with zero attached hydrogens (tertiary/aromatic N) is 2. The maximum Gasteiger partial charge on any atom is 0.276 e. The molecule has 0 unspecified atom stereocenters. The summed E-state index contributed by atoms with van der Waals surface area (Å²) in [4.78, 5) is 14.5. The molecule has 1 heterocycles. The molecule has 7 heteroatoms. The summed E-state index contributed by atoms with van der Waals surface area (Å²) in [7, 11) is 1.66. The summed E-state index contributed by atoms with van der Waals surface area (Å²) in [5.41, 5.74) is 0.00509. The van der Waals surface area contributed by atoms with Crippen molar-refractivity contribution in [3.05, 3.63) is 22.2 Å². The first-order valence-electron chi connectivity index (χ1n) is 5.84. The van der Waals surface area contributed by atoms with E-state index in [0.29, 0.717) is 24.1 Å². The van der Waals surface area contributed by atoms with Crippen LogP contribution in [-0.4, -0.2) is 34.7 Å². The number of rotatable bonds is 5. The first-order chi connectivity index (χ1) is 8.58. The van der Waals surface area contributed by atoms with Gasteiger partial charge in [0.15, 0.2) is 0 Å². The van der Waals surface area contributed by atoms with Gasteiger partial charge in [-0.25, -0.2) is 4.98 Å². The van der Waals surface area contributed by atoms with Crippen LogP contribution in [0.1, 0.15) is 12.8 Å². The molecule has 1 aromatic rings. The molecule has 1 aromatic heterocycles. The van der Waals surface area contributed by atoms with Crippen molar-refractivity contribution in [2.75, 3.05) is 24.2 Å². The lowest BCUT2D eigenvalue weighted by Gasteiger charge is -2.31. The van der Waals surface area contributed by atoms with E-state index in [2.05, 4.69) is 15.6 Å². The Morgan fingerprint density at radius 2 is 2.17 bits per heavy atom. The fourth-order valence-electron chi connectivity index (χ4n) is 1.96. The van der Waals surface area contributed by atoms with Gasteiger partial charge in [0.1, 0.15) is 11.6 Å². The average Bonchev–Trinajstić information content (AvgIpc) is 2.32. The Bertz CT molecular complexity index is 446. The van der Waals surface area contributed by atoms with E-state index >= 15 is 0 Å². The molecule has 7 nitrogen and oxygen atoms in total. The molecule has 0 aliphatic heterocycles. The number of anilines is 2. The zero-order valence-corrected chi connectivity index (χ0v) is 10.1. The molecule has 1 saturated carbocycles. The molecule has 3 N–H and O–H groups in total. The van der Waals surface area contributed by atoms with E-state index in [1.54, 1.807) is 7.05 Å². The zero-order chi connectivity index (χ0) is 13.1. The van der Waals surface area contributed by atoms with Gasteiger partial charge in [-0.05, 0) is 18.8 Å². The molecule has 0 atom stereocenters. The molecule has 98 valence electrons. The van der Waals surface area contributed by atoms with Crippen molar-refractivity contribution in [3.63, 3.8) is 0 Å². The smallest absolute Gasteiger partial charge is 0.276 e. The topological polar surface area (TPSA) is 100 Å². The van der Waals surface area contributed by atoms with Crippen molar-refractivity contribution in [3.8, 4) is 0 Å². The van der Waals surface area contributed by atoms with Crippen molar-refractivity contribution < 1.29 is 10.0 Å². The normalized spacial score (nSPS) is 22.1. The third kappa shape index (κ3) is 2.86. The SMILES string of the molecule is CNc1cc([N+](=O)[O-])cc(NCC2CC(O)C2)n1. The van der Waals surface area contributed by atoms with Crippen molar-refractivity contribution in [1.29, 1.82) is 0 Å². The number of nitro groups is 1. The summed E-state index contributed by atoms with van der Waals surface area (Å²) in [6.45, 7) is 0.675. The molecule has 0 saturated heterocycles. The van der Waals surface area contributed by atoms with E-state index in [4.69, 9.17) is 0 Å². The van der Waals surface area contributed by atoms with E-state index in [-0.39, 0.29) is 11.8 Å². The van der Waals surface area contributed by atoms with Crippen LogP contribution in [0, 0.1) is 16.0 Å². The van der Waals surface area contributed by atoms with Gasteiger partial charge in [-0.3, -0.25) is 10.1 Å². The standard InChI is InChI=1S/C11H16N4O3/c1-12-10-4-8(15(17)18)5-11(14-10)13-6-7-2-9(16)3-7/h4-5,7,9,16H,2-3,6H2,1H3,(H2,12,13,14). The molecular formula is C11H16N4O3. The molecule has 1 fully saturated rings. The van der Waals surface area contributed by atoms with Gasteiger partial charge in [-0.2, -0.15) is 0 Å². The molecule has 1 aliphatic rings. The second kappa shape index (κ2) is 5.18. The second-order valence-corrected chi connectivity index (χ2v) is 4.48. The molecule has 1 aliphatic carbocycles. The molecule has 0 spiro atoms. The highest BCUT2D eigenvalue weighted by Crippen LogP contribution is 2.28. The van der Waals surface area contributed by atoms with Crippen molar-refractivity contribution in [2.24, 2.45) is 5.92 Å². The highest BCUT2D eigenvalue weighted by molar-refractivity contribution is 5.54. The minimum Gasteiger partial charge on any atom is -0.393 e. The van der Waals surface area contributed by atoms with Crippen LogP contribution < -0.4 is 10.6 Å². The molecule has 18 heavy (non-hydrogen) atoms. The predicted molar refractivity (Wildman–Crippen MR) is 67.7 cm³/mol. The second-order valence-electron chi connectivity index (χ2n) is 4.48. The van der Waals surface area contributed by atoms with Gasteiger partial charge in [-0.15, -0.1) is 0 Å². The Morgan fingerprint density at radius 3 is 2.72 bits per heavy atom. The Labute approximate surface area is 104 Å². The number of nitrogens with one attached hydrogen (secondary N) is 2. The summed E-state index contributed by atoms with van der Waals surface area (Å²) >= 11 is 0. The molecular weight excluding hydrogens is 236 g/mol. The Balaban J connectivity index is 2.02. The van der Waals surface area contributed by atoms with Crippen molar-refractivity contribution in [2.45, 2.75) is 18.9 Å². The summed E-state index contributed by atoms with van der Waals surface area (Å²) < 4.78 is 0. The van der Waals surface area contributed by atoms with Crippen LogP contribution in [-0.2, 0) is 0 Å². The third-order valence-corrected chi connectivity index (χ3v) is 3.06. The fourth-order valence-corrected chi connectivity index (χ4v) is 1.96. The van der Waals surface area contributed by atoms with Crippen LogP contribution in [0.5, 0.6) is 0 Å². The third-order valence-electron chi connectivity index (χ3n) is 3.06. The number of aliphatic hydroxyl groups is 1. The largest absolute Gasteiger partial charge is 0.393 e. The number of hydrogen-bond donors (Lipinski definition) is 3. The van der Waals surface area contributed by atoms with E-state index in [1.165, 1.54) is 12.1 Å². The van der Waals surface area contributed by atoms with E-state index < -0.39 is 4.92 Å². The zero-order valence-electron chi connectivity index (χ0n) is 10.1. The lowest BCUT2D eigenvalue weighted by Crippen LogP contribution is -2.33. The monoisotopic (exact) mass is 252 g/mol. The van der Waals surface area contributed by atoms with Gasteiger partial charge in [0, 0.05) is 13.6 Å². The van der Waals surface area contributed by atoms with Crippen molar-refractivity contribution >= 4 is 17.3 Å². The van der Waals surface area contributed by atoms with Crippen molar-refractivity contribution in [1.82, 2.24) is 4.98 Å². The number of aromatic nitrogens is 1. The highest BCUT2D eigenvalue weighted by Gasteiger charge is 2.26. The summed E-state index contributed by atoms with van der Waals surface area (Å²) in [5.74, 6) is 1.36. The van der Waals surface area contributed by atoms with E-state index in [0.717, 1.165) is 12.8 Å². The predicted octanol–water partition coefficient (Wildman–Crippen LogP) is 1.21. The van der Waals surface area contributed by atoms with Crippen LogP contribution >= 0.6 is 0 Å². The molecule has 0 bridgehead atoms. The lowest BCUT2D eigenvalue weighted by molar-refractivity contribution is -0.384. The summed E-state index contributed by atoms with van der Waals surface area (Å²) in [6, 6.07) is 2.80. The van der Waals surface area contributed by atoms with E-state index in [1.807, 2.05) is 0 Å². The maximum absolute atomic E-state index is 10.8.